The third kappa shape index (κ3) is 5.87. The minimum Gasteiger partial charge on any atom is -0.462 e. The fourth-order valence-electron chi connectivity index (χ4n) is 5.85. The zero-order chi connectivity index (χ0) is 30.3. The third-order valence-corrected chi connectivity index (χ3v) is 8.14. The average Bonchev–Trinajstić information content (AvgIpc) is 3.23. The van der Waals surface area contributed by atoms with E-state index in [1.54, 1.807) is 11.9 Å². The summed E-state index contributed by atoms with van der Waals surface area (Å²) in [5.41, 5.74) is 2.71. The van der Waals surface area contributed by atoms with Crippen LogP contribution in [0.3, 0.4) is 0 Å². The van der Waals surface area contributed by atoms with Gasteiger partial charge >= 0.3 is 12.2 Å². The number of hydrogen-bond donors (Lipinski definition) is 1. The van der Waals surface area contributed by atoms with Crippen molar-refractivity contribution in [1.29, 1.82) is 5.26 Å². The predicted molar refractivity (Wildman–Crippen MR) is 148 cm³/mol. The molecule has 1 aromatic carbocycles. The number of likely N-dealkylation sites (tertiary alicyclic amines) is 1. The number of rotatable bonds is 6. The summed E-state index contributed by atoms with van der Waals surface area (Å²) in [5.74, 6) is -1.05. The highest BCUT2D eigenvalue weighted by molar-refractivity contribution is 6.34. The molecule has 224 valence electrons. The van der Waals surface area contributed by atoms with Crippen molar-refractivity contribution < 1.29 is 26.7 Å². The summed E-state index contributed by atoms with van der Waals surface area (Å²) in [6.07, 6.45) is -3.75. The molecule has 5 rings (SSSR count). The summed E-state index contributed by atoms with van der Waals surface area (Å²) in [7, 11) is 1.76. The van der Waals surface area contributed by atoms with Gasteiger partial charge in [-0.15, -0.1) is 0 Å². The summed E-state index contributed by atoms with van der Waals surface area (Å²) < 4.78 is 78.6. The molecule has 2 saturated heterocycles. The van der Waals surface area contributed by atoms with Crippen molar-refractivity contribution >= 4 is 34.1 Å². The lowest BCUT2D eigenvalue weighted by Gasteiger charge is -2.33. The van der Waals surface area contributed by atoms with E-state index in [1.165, 1.54) is 13.0 Å². The normalized spacial score (nSPS) is 21.6. The SMILES string of the molecule is Cc1cc(N)nc(-c2c(Cl)cc3c(N4CCCC(CC#N)C4)nc(OC[C@@H]4C[C@@H](F)CN4C)nc3c2F)c1C(F)(F)F. The van der Waals surface area contributed by atoms with E-state index in [9.17, 15) is 22.8 Å². The lowest BCUT2D eigenvalue weighted by molar-refractivity contribution is -0.137. The molecule has 0 bridgehead atoms. The molecule has 4 heterocycles. The summed E-state index contributed by atoms with van der Waals surface area (Å²) >= 11 is 6.50. The van der Waals surface area contributed by atoms with Crippen LogP contribution < -0.4 is 15.4 Å². The summed E-state index contributed by atoms with van der Waals surface area (Å²) in [4.78, 5) is 16.3. The molecule has 2 aliphatic heterocycles. The van der Waals surface area contributed by atoms with E-state index in [1.807, 2.05) is 4.90 Å². The molecular weight excluding hydrogens is 581 g/mol. The van der Waals surface area contributed by atoms with Gasteiger partial charge in [-0.25, -0.2) is 13.8 Å². The number of piperidine rings is 1. The Hall–Kier alpha value is -3.50. The highest BCUT2D eigenvalue weighted by atomic mass is 35.5. The van der Waals surface area contributed by atoms with E-state index < -0.39 is 35.0 Å². The number of ether oxygens (including phenoxy) is 1. The molecule has 3 atom stereocenters. The second-order valence-corrected chi connectivity index (χ2v) is 11.3. The van der Waals surface area contributed by atoms with Crippen LogP contribution in [0.2, 0.25) is 5.02 Å². The molecule has 0 radical (unpaired) electrons. The van der Waals surface area contributed by atoms with Gasteiger partial charge in [0.25, 0.3) is 0 Å². The van der Waals surface area contributed by atoms with E-state index in [2.05, 4.69) is 21.0 Å². The Morgan fingerprint density at radius 1 is 1.21 bits per heavy atom. The summed E-state index contributed by atoms with van der Waals surface area (Å²) in [5, 5.41) is 9.07. The number of likely N-dealkylation sites (N-methyl/N-ethyl adjacent to an activating group) is 1. The maximum absolute atomic E-state index is 16.4. The summed E-state index contributed by atoms with van der Waals surface area (Å²) in [6.45, 7) is 2.46. The van der Waals surface area contributed by atoms with Crippen LogP contribution in [0.5, 0.6) is 6.01 Å². The van der Waals surface area contributed by atoms with Crippen molar-refractivity contribution in [1.82, 2.24) is 19.9 Å². The van der Waals surface area contributed by atoms with Crippen molar-refractivity contribution in [3.05, 3.63) is 34.1 Å². The fraction of sp³-hybridized carbons (Fsp3) is 0.500. The van der Waals surface area contributed by atoms with Gasteiger partial charge < -0.3 is 15.4 Å². The maximum Gasteiger partial charge on any atom is 0.418 e. The molecule has 2 N–H and O–H groups in total. The molecule has 3 aromatic rings. The first-order chi connectivity index (χ1) is 19.9. The molecule has 0 spiro atoms. The number of aromatic nitrogens is 3. The highest BCUT2D eigenvalue weighted by Gasteiger charge is 2.39. The Balaban J connectivity index is 1.68. The molecule has 2 aliphatic rings. The molecule has 0 amide bonds. The number of benzene rings is 1. The summed E-state index contributed by atoms with van der Waals surface area (Å²) in [6, 6.07) is 4.08. The second kappa shape index (κ2) is 11.6. The van der Waals surface area contributed by atoms with Gasteiger partial charge in [0.15, 0.2) is 5.82 Å². The lowest BCUT2D eigenvalue weighted by Crippen LogP contribution is -2.36. The number of fused-ring (bicyclic) bond motifs is 1. The van der Waals surface area contributed by atoms with Gasteiger partial charge in [-0.2, -0.15) is 28.4 Å². The van der Waals surface area contributed by atoms with E-state index in [-0.39, 0.29) is 70.7 Å². The molecule has 2 fully saturated rings. The van der Waals surface area contributed by atoms with Crippen molar-refractivity contribution in [3.63, 3.8) is 0 Å². The zero-order valence-corrected chi connectivity index (χ0v) is 23.7. The number of alkyl halides is 4. The Morgan fingerprint density at radius 3 is 2.64 bits per heavy atom. The van der Waals surface area contributed by atoms with Crippen LogP contribution >= 0.6 is 11.6 Å². The Morgan fingerprint density at radius 2 is 1.98 bits per heavy atom. The van der Waals surface area contributed by atoms with Crippen LogP contribution in [0, 0.1) is 30.0 Å². The van der Waals surface area contributed by atoms with E-state index in [0.29, 0.717) is 19.5 Å². The molecule has 42 heavy (non-hydrogen) atoms. The van der Waals surface area contributed by atoms with Gasteiger partial charge in [0, 0.05) is 37.5 Å². The van der Waals surface area contributed by atoms with E-state index in [0.717, 1.165) is 18.9 Å². The highest BCUT2D eigenvalue weighted by Crippen LogP contribution is 2.45. The quantitative estimate of drug-likeness (QED) is 0.342. The maximum atomic E-state index is 16.4. The number of pyridine rings is 1. The van der Waals surface area contributed by atoms with Crippen molar-refractivity contribution in [3.8, 4) is 23.3 Å². The van der Waals surface area contributed by atoms with Crippen LogP contribution in [0.4, 0.5) is 33.6 Å². The van der Waals surface area contributed by atoms with Crippen molar-refractivity contribution in [2.24, 2.45) is 5.92 Å². The average molecular weight is 610 g/mol. The topological polar surface area (TPSA) is 104 Å². The van der Waals surface area contributed by atoms with Gasteiger partial charge in [0.2, 0.25) is 0 Å². The molecule has 2 aromatic heterocycles. The van der Waals surface area contributed by atoms with Crippen molar-refractivity contribution in [2.75, 3.05) is 43.9 Å². The minimum atomic E-state index is -4.87. The molecule has 14 heteroatoms. The fourth-order valence-corrected chi connectivity index (χ4v) is 6.13. The first-order valence-corrected chi connectivity index (χ1v) is 13.9. The standard InChI is InChI=1S/C28H29ClF5N7O/c1-14-8-20(36)37-25(22(14)28(32,33)34)21-19(29)10-18-24(23(21)31)38-27(42-13-17-9-16(30)12-40(17)2)39-26(18)41-7-3-4-15(11-41)5-6-35/h8,10,15-17H,3-5,7,9,11-13H2,1-2H3,(H2,36,37)/t15?,16-,17+/m1/s1. The first-order valence-electron chi connectivity index (χ1n) is 13.5. The first kappa shape index (κ1) is 30.0. The lowest BCUT2D eigenvalue weighted by atomic mass is 9.95. The zero-order valence-electron chi connectivity index (χ0n) is 23.0. The molecule has 0 aliphatic carbocycles. The largest absolute Gasteiger partial charge is 0.462 e. The number of hydrogen-bond acceptors (Lipinski definition) is 8. The van der Waals surface area contributed by atoms with Crippen LogP contribution in [0.15, 0.2) is 12.1 Å². The van der Waals surface area contributed by atoms with Crippen LogP contribution in [0.1, 0.15) is 36.8 Å². The van der Waals surface area contributed by atoms with E-state index in [4.69, 9.17) is 22.1 Å². The number of nitriles is 1. The van der Waals surface area contributed by atoms with Gasteiger partial charge in [0.1, 0.15) is 29.9 Å². The predicted octanol–water partition coefficient (Wildman–Crippen LogP) is 5.94. The molecule has 0 saturated carbocycles. The van der Waals surface area contributed by atoms with Gasteiger partial charge in [-0.05, 0) is 56.8 Å². The molecular formula is C28H29ClF5N7O. The molecule has 8 nitrogen and oxygen atoms in total. The van der Waals surface area contributed by atoms with E-state index >= 15 is 4.39 Å². The number of aryl methyl sites for hydroxylation is 1. The Labute approximate surface area is 244 Å². The minimum absolute atomic E-state index is 0.0230. The monoisotopic (exact) mass is 609 g/mol. The number of nitrogens with two attached hydrogens (primary N) is 1. The van der Waals surface area contributed by atoms with Crippen LogP contribution in [0.25, 0.3) is 22.2 Å². The molecule has 1 unspecified atom stereocenters. The van der Waals surface area contributed by atoms with Gasteiger partial charge in [-0.1, -0.05) is 11.6 Å². The van der Waals surface area contributed by atoms with Gasteiger partial charge in [-0.3, -0.25) is 4.90 Å². The number of nitrogens with zero attached hydrogens (tertiary/aromatic N) is 6. The van der Waals surface area contributed by atoms with Crippen LogP contribution in [-0.2, 0) is 6.18 Å². The van der Waals surface area contributed by atoms with Gasteiger partial charge in [0.05, 0.1) is 27.9 Å². The third-order valence-electron chi connectivity index (χ3n) is 7.84. The smallest absolute Gasteiger partial charge is 0.418 e. The number of anilines is 2. The van der Waals surface area contributed by atoms with Crippen molar-refractivity contribution in [2.45, 2.75) is 51.0 Å². The second-order valence-electron chi connectivity index (χ2n) is 10.9. The van der Waals surface area contributed by atoms with Crippen LogP contribution in [-0.4, -0.2) is 65.4 Å². The number of halogens is 6. The number of nitrogen functional groups attached to an aromatic ring is 1. The Kier molecular flexibility index (Phi) is 8.31. The Bertz CT molecular complexity index is 1550.